The first-order valence-corrected chi connectivity index (χ1v) is 7.77. The lowest BCUT2D eigenvalue weighted by molar-refractivity contribution is 0.135. The fraction of sp³-hybridized carbons (Fsp3) is 0.778. The molecule has 2 atom stereocenters. The Balaban J connectivity index is 0.000000370. The minimum atomic E-state index is 0. The van der Waals surface area contributed by atoms with Crippen LogP contribution < -0.4 is 0 Å². The molecule has 2 aliphatic rings. The minimum absolute atomic E-state index is 0. The molecule has 0 saturated heterocycles. The number of ether oxygens (including phenoxy) is 1. The van der Waals surface area contributed by atoms with Crippen LogP contribution in [0.15, 0.2) is 24.3 Å². The standard InChI is InChI=1S/C9H17NO.C8H15N.CH4/c1-10-6-4-3-5-9(7-10)8-11-2;1-8-5-3-4-6-9(2)7-8;/h3-4,9H,5-8H2,1-2H3;3-4,8H,5-7H2,1-2H3;1H4. The van der Waals surface area contributed by atoms with E-state index in [4.69, 9.17) is 4.74 Å². The van der Waals surface area contributed by atoms with Gasteiger partial charge in [0.05, 0.1) is 6.61 Å². The van der Waals surface area contributed by atoms with E-state index in [2.05, 4.69) is 55.1 Å². The van der Waals surface area contributed by atoms with Gasteiger partial charge in [0, 0.05) is 33.3 Å². The Hall–Kier alpha value is -0.640. The molecule has 0 aromatic rings. The van der Waals surface area contributed by atoms with Crippen molar-refractivity contribution in [2.45, 2.75) is 27.2 Å². The molecule has 0 N–H and O–H groups in total. The van der Waals surface area contributed by atoms with Gasteiger partial charge in [0.25, 0.3) is 0 Å². The largest absolute Gasteiger partial charge is 0.384 e. The molecule has 2 rings (SSSR count). The van der Waals surface area contributed by atoms with Crippen LogP contribution in [0.25, 0.3) is 0 Å². The summed E-state index contributed by atoms with van der Waals surface area (Å²) in [6, 6.07) is 0. The van der Waals surface area contributed by atoms with Crippen molar-refractivity contribution in [1.82, 2.24) is 9.80 Å². The third-order valence-electron chi connectivity index (χ3n) is 3.77. The summed E-state index contributed by atoms with van der Waals surface area (Å²) in [5.41, 5.74) is 0. The lowest BCUT2D eigenvalue weighted by Gasteiger charge is -2.18. The third-order valence-corrected chi connectivity index (χ3v) is 3.77. The van der Waals surface area contributed by atoms with E-state index in [-0.39, 0.29) is 7.43 Å². The summed E-state index contributed by atoms with van der Waals surface area (Å²) in [6.45, 7) is 7.79. The first kappa shape index (κ1) is 20.4. The Kier molecular flexibility index (Phi) is 11.6. The summed E-state index contributed by atoms with van der Waals surface area (Å²) in [7, 11) is 6.10. The lowest BCUT2D eigenvalue weighted by Crippen LogP contribution is -2.26. The number of methoxy groups -OCH3 is 1. The Bertz CT molecular complexity index is 290. The summed E-state index contributed by atoms with van der Waals surface area (Å²) in [5.74, 6) is 1.53. The highest BCUT2D eigenvalue weighted by Gasteiger charge is 2.11. The maximum absolute atomic E-state index is 5.12. The van der Waals surface area contributed by atoms with E-state index in [1.807, 2.05) is 0 Å². The average molecular weight is 296 g/mol. The molecular weight excluding hydrogens is 260 g/mol. The number of rotatable bonds is 2. The van der Waals surface area contributed by atoms with Gasteiger partial charge < -0.3 is 14.5 Å². The van der Waals surface area contributed by atoms with Crippen LogP contribution in [0.5, 0.6) is 0 Å². The number of hydrogen-bond acceptors (Lipinski definition) is 3. The molecule has 0 fully saturated rings. The van der Waals surface area contributed by atoms with Gasteiger partial charge in [-0.25, -0.2) is 0 Å². The van der Waals surface area contributed by atoms with Crippen molar-refractivity contribution in [2.24, 2.45) is 11.8 Å². The molecule has 0 radical (unpaired) electrons. The molecule has 3 heteroatoms. The third kappa shape index (κ3) is 9.83. The zero-order chi connectivity index (χ0) is 14.8. The molecule has 0 amide bonds. The number of hydrogen-bond donors (Lipinski definition) is 0. The smallest absolute Gasteiger partial charge is 0.0505 e. The summed E-state index contributed by atoms with van der Waals surface area (Å²) in [5, 5.41) is 0. The highest BCUT2D eigenvalue weighted by Crippen LogP contribution is 2.10. The van der Waals surface area contributed by atoms with Crippen molar-refractivity contribution in [3.63, 3.8) is 0 Å². The monoisotopic (exact) mass is 296 g/mol. The second-order valence-corrected chi connectivity index (χ2v) is 6.28. The first-order valence-electron chi connectivity index (χ1n) is 7.77. The van der Waals surface area contributed by atoms with E-state index in [9.17, 15) is 0 Å². The van der Waals surface area contributed by atoms with Crippen LogP contribution in [0.4, 0.5) is 0 Å². The fourth-order valence-corrected chi connectivity index (χ4v) is 2.75. The molecule has 2 unspecified atom stereocenters. The van der Waals surface area contributed by atoms with Crippen LogP contribution in [0, 0.1) is 11.8 Å². The predicted octanol–water partition coefficient (Wildman–Crippen LogP) is 3.29. The normalized spacial score (nSPS) is 27.0. The summed E-state index contributed by atoms with van der Waals surface area (Å²) in [6.07, 6.45) is 11.4. The summed E-state index contributed by atoms with van der Waals surface area (Å²) in [4.78, 5) is 4.68. The van der Waals surface area contributed by atoms with Gasteiger partial charge in [-0.15, -0.1) is 0 Å². The van der Waals surface area contributed by atoms with E-state index in [0.717, 1.165) is 38.6 Å². The Morgan fingerprint density at radius 1 is 0.952 bits per heavy atom. The maximum atomic E-state index is 5.12. The van der Waals surface area contributed by atoms with Crippen molar-refractivity contribution in [3.05, 3.63) is 24.3 Å². The van der Waals surface area contributed by atoms with Crippen LogP contribution >= 0.6 is 0 Å². The van der Waals surface area contributed by atoms with Gasteiger partial charge in [0.2, 0.25) is 0 Å². The van der Waals surface area contributed by atoms with Crippen molar-refractivity contribution >= 4 is 0 Å². The molecule has 0 spiro atoms. The zero-order valence-corrected chi connectivity index (χ0v) is 13.7. The van der Waals surface area contributed by atoms with E-state index < -0.39 is 0 Å². The van der Waals surface area contributed by atoms with Crippen LogP contribution in [0.1, 0.15) is 27.2 Å². The highest BCUT2D eigenvalue weighted by molar-refractivity contribution is 4.90. The number of allylic oxidation sites excluding steroid dienone is 2. The van der Waals surface area contributed by atoms with Gasteiger partial charge in [-0.2, -0.15) is 0 Å². The highest BCUT2D eigenvalue weighted by atomic mass is 16.5. The van der Waals surface area contributed by atoms with Gasteiger partial charge >= 0.3 is 0 Å². The van der Waals surface area contributed by atoms with Crippen molar-refractivity contribution in [2.75, 3.05) is 54.0 Å². The van der Waals surface area contributed by atoms with E-state index in [1.54, 1.807) is 7.11 Å². The first-order chi connectivity index (χ1) is 9.61. The summed E-state index contributed by atoms with van der Waals surface area (Å²) >= 11 is 0. The average Bonchev–Trinajstić information content (AvgIpc) is 2.71. The van der Waals surface area contributed by atoms with Crippen molar-refractivity contribution in [3.8, 4) is 0 Å². The molecule has 2 heterocycles. The molecule has 3 nitrogen and oxygen atoms in total. The molecule has 0 bridgehead atoms. The fourth-order valence-electron chi connectivity index (χ4n) is 2.75. The number of likely N-dealkylation sites (N-methyl/N-ethyl adjacent to an activating group) is 2. The van der Waals surface area contributed by atoms with Gasteiger partial charge in [0.15, 0.2) is 0 Å². The van der Waals surface area contributed by atoms with Gasteiger partial charge in [0.1, 0.15) is 0 Å². The molecule has 0 aromatic heterocycles. The van der Waals surface area contributed by atoms with Gasteiger partial charge in [-0.05, 0) is 38.8 Å². The van der Waals surface area contributed by atoms with E-state index in [0.29, 0.717) is 5.92 Å². The molecular formula is C18H36N2O. The maximum Gasteiger partial charge on any atom is 0.0505 e. The van der Waals surface area contributed by atoms with Crippen LogP contribution in [-0.2, 0) is 4.74 Å². The lowest BCUT2D eigenvalue weighted by atomic mass is 10.1. The van der Waals surface area contributed by atoms with E-state index >= 15 is 0 Å². The molecule has 21 heavy (non-hydrogen) atoms. The van der Waals surface area contributed by atoms with E-state index in [1.165, 1.54) is 13.0 Å². The Morgan fingerprint density at radius 3 is 2.14 bits per heavy atom. The Morgan fingerprint density at radius 2 is 1.52 bits per heavy atom. The SMILES string of the molecule is C.CC1CC=CCN(C)C1.COCC1CC=CCN(C)C1. The van der Waals surface area contributed by atoms with Crippen LogP contribution in [0.3, 0.4) is 0 Å². The minimum Gasteiger partial charge on any atom is -0.384 e. The van der Waals surface area contributed by atoms with Crippen LogP contribution in [-0.4, -0.2) is 63.8 Å². The molecule has 2 aliphatic heterocycles. The number of nitrogens with zero attached hydrogens (tertiary/aromatic N) is 2. The topological polar surface area (TPSA) is 15.7 Å². The molecule has 0 saturated carbocycles. The second kappa shape index (κ2) is 12.0. The zero-order valence-electron chi connectivity index (χ0n) is 13.7. The van der Waals surface area contributed by atoms with Crippen molar-refractivity contribution in [1.29, 1.82) is 0 Å². The molecule has 0 aromatic carbocycles. The van der Waals surface area contributed by atoms with Crippen LogP contribution in [0.2, 0.25) is 0 Å². The molecule has 0 aliphatic carbocycles. The quantitative estimate of drug-likeness (QED) is 0.727. The van der Waals surface area contributed by atoms with Gasteiger partial charge in [-0.1, -0.05) is 38.7 Å². The van der Waals surface area contributed by atoms with Gasteiger partial charge in [-0.3, -0.25) is 0 Å². The summed E-state index contributed by atoms with van der Waals surface area (Å²) < 4.78 is 5.12. The molecule has 124 valence electrons. The Labute approximate surface area is 132 Å². The van der Waals surface area contributed by atoms with Crippen molar-refractivity contribution < 1.29 is 4.74 Å². The second-order valence-electron chi connectivity index (χ2n) is 6.28. The predicted molar refractivity (Wildman–Crippen MR) is 93.8 cm³/mol.